The number of nitrogens with one attached hydrogen (secondary N) is 9. The van der Waals surface area contributed by atoms with Gasteiger partial charge < -0.3 is 62.6 Å². The van der Waals surface area contributed by atoms with E-state index in [4.69, 9.17) is 69.6 Å². The number of halogens is 13. The Labute approximate surface area is 785 Å². The summed E-state index contributed by atoms with van der Waals surface area (Å²) in [5.74, 6) is -6.78. The van der Waals surface area contributed by atoms with Crippen LogP contribution in [0.15, 0.2) is 109 Å². The first-order valence-electron chi connectivity index (χ1n) is 44.0. The Bertz CT molecular complexity index is 5230. The molecule has 6 aromatic carbocycles. The van der Waals surface area contributed by atoms with E-state index in [1.807, 2.05) is 54.8 Å². The minimum absolute atomic E-state index is 0. The van der Waals surface area contributed by atoms with Crippen LogP contribution in [0.4, 0.5) is 43.4 Å². The van der Waals surface area contributed by atoms with Crippen molar-refractivity contribution in [3.05, 3.63) is 190 Å². The number of nitrogens with zero attached hydrogens (tertiary/aromatic N) is 5. The summed E-state index contributed by atoms with van der Waals surface area (Å²) in [5.41, 5.74) is 0.318. The summed E-state index contributed by atoms with van der Waals surface area (Å²) in [6.45, 7) is 28.2. The number of alkyl halides is 3. The van der Waals surface area contributed by atoms with E-state index in [-0.39, 0.29) is 118 Å². The molecule has 9 aliphatic heterocycles. The van der Waals surface area contributed by atoms with E-state index < -0.39 is 106 Å². The van der Waals surface area contributed by atoms with Crippen molar-refractivity contribution in [1.82, 2.24) is 56.4 Å². The van der Waals surface area contributed by atoms with Crippen LogP contribution in [0.3, 0.4) is 0 Å². The Hall–Kier alpha value is -7.39. The molecule has 16 rings (SSSR count). The third-order valence-corrected chi connectivity index (χ3v) is 28.3. The monoisotopic (exact) mass is 1920 g/mol. The minimum Gasteiger partial charge on any atom is -0.353 e. The molecule has 0 bridgehead atoms. The highest BCUT2D eigenvalue weighted by molar-refractivity contribution is 6.33. The van der Waals surface area contributed by atoms with Gasteiger partial charge in [0.05, 0.1) is 33.2 Å². The lowest BCUT2D eigenvalue weighted by molar-refractivity contribution is -0.187. The number of piperazine rings is 3. The predicted octanol–water partition coefficient (Wildman–Crippen LogP) is 14.8. The molecule has 129 heavy (non-hydrogen) atoms. The van der Waals surface area contributed by atoms with E-state index in [0.717, 1.165) is 81.1 Å². The number of carbonyl (C=O) groups excluding carboxylic acids is 8. The van der Waals surface area contributed by atoms with Crippen molar-refractivity contribution in [2.45, 2.75) is 184 Å². The molecule has 1 saturated carbocycles. The third kappa shape index (κ3) is 20.9. The Balaban J connectivity index is 0.000000165. The van der Waals surface area contributed by atoms with E-state index in [1.54, 1.807) is 48.5 Å². The predicted molar refractivity (Wildman–Crippen MR) is 494 cm³/mol. The van der Waals surface area contributed by atoms with Crippen LogP contribution in [-0.2, 0) is 54.6 Å². The molecule has 7 fully saturated rings. The summed E-state index contributed by atoms with van der Waals surface area (Å²) >= 11 is 37.7. The van der Waals surface area contributed by atoms with Gasteiger partial charge in [-0.15, -0.1) is 12.4 Å². The second-order valence-electron chi connectivity index (χ2n) is 39.2. The number of rotatable bonds is 20. The average molecular weight is 1930 g/mol. The molecule has 35 heteroatoms. The van der Waals surface area contributed by atoms with Crippen LogP contribution >= 0.6 is 82.0 Å². The molecule has 6 aromatic rings. The zero-order chi connectivity index (χ0) is 92.2. The number of fused-ring (bicyclic) bond motifs is 6. The third-order valence-electron chi connectivity index (χ3n) is 26.7. The zero-order valence-electron chi connectivity index (χ0n) is 73.6. The van der Waals surface area contributed by atoms with Crippen molar-refractivity contribution in [3.8, 4) is 0 Å². The highest BCUT2D eigenvalue weighted by Gasteiger charge is 2.69. The fraction of sp³-hybridized carbons (Fsp3) is 0.532. The minimum atomic E-state index is -4.92. The second kappa shape index (κ2) is 39.7. The Morgan fingerprint density at radius 1 is 0.442 bits per heavy atom. The van der Waals surface area contributed by atoms with Gasteiger partial charge in [-0.05, 0) is 167 Å². The molecule has 10 aliphatic rings. The Morgan fingerprint density at radius 3 is 1.11 bits per heavy atom. The van der Waals surface area contributed by atoms with Crippen molar-refractivity contribution in [2.24, 2.45) is 22.2 Å². The maximum atomic E-state index is 15.1. The van der Waals surface area contributed by atoms with E-state index in [1.165, 1.54) is 36.4 Å². The first-order chi connectivity index (χ1) is 60.4. The van der Waals surface area contributed by atoms with Crippen LogP contribution in [0.5, 0.6) is 0 Å². The van der Waals surface area contributed by atoms with Crippen molar-refractivity contribution < 1.29 is 64.7 Å². The van der Waals surface area contributed by atoms with E-state index in [0.29, 0.717) is 113 Å². The van der Waals surface area contributed by atoms with E-state index >= 15 is 13.2 Å². The lowest BCUT2D eigenvalue weighted by atomic mass is 9.62. The van der Waals surface area contributed by atoms with Gasteiger partial charge in [0.25, 0.3) is 0 Å². The molecule has 1 aliphatic carbocycles. The number of hydrogen-bond donors (Lipinski definition) is 9. The summed E-state index contributed by atoms with van der Waals surface area (Å²) in [5, 5.41) is 30.0. The molecule has 12 atom stereocenters. The maximum Gasteiger partial charge on any atom is 0.471 e. The summed E-state index contributed by atoms with van der Waals surface area (Å²) in [4.78, 5) is 118. The molecule has 0 radical (unpaired) electrons. The molecule has 9 heterocycles. The average Bonchev–Trinajstić information content (AvgIpc) is 1.54. The number of anilines is 3. The molecule has 22 nitrogen and oxygen atoms in total. The number of amides is 7. The van der Waals surface area contributed by atoms with Crippen LogP contribution in [0.2, 0.25) is 30.1 Å². The largest absolute Gasteiger partial charge is 0.471 e. The van der Waals surface area contributed by atoms with Gasteiger partial charge >= 0.3 is 12.1 Å². The first kappa shape index (κ1) is 99.1. The summed E-state index contributed by atoms with van der Waals surface area (Å²) in [6, 6.07) is 26.0. The molecule has 0 unspecified atom stereocenters. The molecule has 6 saturated heterocycles. The molecule has 698 valence electrons. The second-order valence-corrected chi connectivity index (χ2v) is 41.7. The molecule has 3 spiro atoms. The van der Waals surface area contributed by atoms with Gasteiger partial charge in [0, 0.05) is 185 Å². The van der Waals surface area contributed by atoms with Crippen LogP contribution in [0, 0.1) is 39.6 Å². The SMILES string of the molecule is CC(C)(C)C[C@H]1N[C@@H](C(=O)CCCN2CCNCC2)[C@H](c2cccc(Cl)c2)[C@@]12C(=O)Nc1cc(Cl)c(F)cc12.CC(C)(C)C[C@H]1N[C@@H](C(=O)NCCN2CCN(C(=O)C(F)(F)F)CC2)[C@H](c2cccc(Cl)c2)[C@@]12C(=O)Nc1cc(Cl)c(F)cc12.CC(C)(C)C[C@H]1N[C@@H](C(=O)NCCN2CCN(C(=O)C3CC3)CC2)[C@H](c2cccc(Cl)c2)[C@@]12C(=O)Nc1cc(Cl)c(F)cc12.Cl. The fourth-order valence-corrected chi connectivity index (χ4v) is 22.1. The number of carbonyl (C=O) groups is 8. The molecule has 0 aromatic heterocycles. The number of benzene rings is 6. The Kier molecular flexibility index (Phi) is 30.5. The molecular weight excluding hydrogens is 1820 g/mol. The van der Waals surface area contributed by atoms with Gasteiger partial charge in [-0.25, -0.2) is 13.2 Å². The topological polar surface area (TPSA) is 261 Å². The van der Waals surface area contributed by atoms with Crippen LogP contribution in [0.25, 0.3) is 0 Å². The zero-order valence-corrected chi connectivity index (χ0v) is 78.9. The number of hydrogen-bond acceptors (Lipinski definition) is 15. The standard InChI is InChI=1S/C33H40Cl2FN5O3.C31H35Cl2F4N5O3.C30H37Cl2FN4O2.ClH/c1-32(2,3)18-26-33(22-16-24(36)23(35)17-25(22)38-31(33)44)27(20-5-4-6-21(34)15-20)28(39-26)29(42)37-9-10-40-11-13-41(14-12-40)30(43)19-7-8-19;1-29(2,3)16-23-30(19-14-21(34)20(33)15-22(19)39-27(30)44)24(17-5-4-6-18(32)13-17)25(40-23)26(43)38-7-8-41-9-11-42(12-10-41)28(45)31(35,36)37;1-29(2,3)17-25-30(20-15-22(33)21(32)16-23(20)35-28(30)39)26(18-6-4-7-19(31)14-18)27(36-25)24(38)8-5-11-37-12-9-34-10-13-37;/h4-6,15-17,19,26-28,39H,7-14,18H2,1-3H3,(H,37,42)(H,38,44);4-6,13-15,23-25,40H,7-12,16H2,1-3H3,(H,38,43)(H,39,44);4,6-7,14-16,25-27,34,36H,5,8-13,17H2,1-3H3,(H,35,39);1H/t26-,27+,28-,33+;23-,24+,25-,30+;25-,26+,27+,30+;/m111./s1. The van der Waals surface area contributed by atoms with Gasteiger partial charge in [-0.2, -0.15) is 13.2 Å². The van der Waals surface area contributed by atoms with Gasteiger partial charge in [-0.3, -0.25) is 48.2 Å². The highest BCUT2D eigenvalue weighted by Crippen LogP contribution is 2.61. The fourth-order valence-electron chi connectivity index (χ4n) is 21.0. The summed E-state index contributed by atoms with van der Waals surface area (Å²) in [6.07, 6.45) is -0.161. The van der Waals surface area contributed by atoms with Gasteiger partial charge in [-0.1, -0.05) is 168 Å². The lowest BCUT2D eigenvalue weighted by Crippen LogP contribution is -2.53. The summed E-state index contributed by atoms with van der Waals surface area (Å²) in [7, 11) is 0. The van der Waals surface area contributed by atoms with Crippen LogP contribution in [0.1, 0.15) is 158 Å². The highest BCUT2D eigenvalue weighted by atomic mass is 35.5. The van der Waals surface area contributed by atoms with Crippen molar-refractivity contribution >= 4 is 146 Å². The first-order valence-corrected chi connectivity index (χ1v) is 46.3. The number of Topliss-reactive ketones (excluding diaryl/α,β-unsaturated/α-hetero) is 1. The van der Waals surface area contributed by atoms with Crippen molar-refractivity contribution in [2.75, 3.05) is 127 Å². The molecule has 7 amide bonds. The van der Waals surface area contributed by atoms with E-state index in [9.17, 15) is 51.5 Å². The van der Waals surface area contributed by atoms with Gasteiger partial charge in [0.15, 0.2) is 0 Å². The normalized spacial score (nSPS) is 26.3. The lowest BCUT2D eigenvalue weighted by Gasteiger charge is -2.37. The smallest absolute Gasteiger partial charge is 0.353 e. The van der Waals surface area contributed by atoms with Crippen molar-refractivity contribution in [3.63, 3.8) is 0 Å². The van der Waals surface area contributed by atoms with Crippen molar-refractivity contribution in [1.29, 1.82) is 0 Å². The maximum absolute atomic E-state index is 15.1. The molecular formula is C94H113Cl7F6N14O8. The Morgan fingerprint density at radius 2 is 0.775 bits per heavy atom. The van der Waals surface area contributed by atoms with Gasteiger partial charge in [0.2, 0.25) is 35.4 Å². The quantitative estimate of drug-likeness (QED) is 0.0322. The van der Waals surface area contributed by atoms with Gasteiger partial charge in [0.1, 0.15) is 39.5 Å². The summed E-state index contributed by atoms with van der Waals surface area (Å²) < 4.78 is 83.6. The number of ketones is 1. The van der Waals surface area contributed by atoms with Crippen LogP contribution < -0.4 is 47.9 Å². The van der Waals surface area contributed by atoms with E-state index in [2.05, 4.69) is 99.2 Å². The van der Waals surface area contributed by atoms with Crippen LogP contribution in [-0.4, -0.2) is 225 Å². The molecule has 9 N–H and O–H groups in total.